The first-order chi connectivity index (χ1) is 7.97. The minimum absolute atomic E-state index is 0.507. The minimum atomic E-state index is 0.507. The third kappa shape index (κ3) is 3.69. The van der Waals surface area contributed by atoms with E-state index in [4.69, 9.17) is 11.6 Å². The molecule has 1 rings (SSSR count). The van der Waals surface area contributed by atoms with E-state index in [0.29, 0.717) is 6.04 Å². The van der Waals surface area contributed by atoms with E-state index in [9.17, 15) is 0 Å². The smallest absolute Gasteiger partial charge is 0.0863 e. The van der Waals surface area contributed by atoms with Gasteiger partial charge in [-0.2, -0.15) is 5.10 Å². The number of hydrogen-bond donors (Lipinski definition) is 1. The van der Waals surface area contributed by atoms with Crippen molar-refractivity contribution in [1.29, 1.82) is 0 Å². The Labute approximate surface area is 109 Å². The highest BCUT2D eigenvalue weighted by atomic mass is 35.5. The summed E-state index contributed by atoms with van der Waals surface area (Å²) >= 11 is 6.27. The Hall–Kier alpha value is -0.580. The normalized spacial score (nSPS) is 13.4. The molecule has 0 radical (unpaired) electrons. The van der Waals surface area contributed by atoms with Gasteiger partial charge in [0.05, 0.1) is 16.4 Å². The molecule has 0 saturated carbocycles. The third-order valence-electron chi connectivity index (χ3n) is 3.12. The molecule has 1 heterocycles. The van der Waals surface area contributed by atoms with Gasteiger partial charge in [0, 0.05) is 26.2 Å². The van der Waals surface area contributed by atoms with E-state index >= 15 is 0 Å². The fraction of sp³-hybridized carbons (Fsp3) is 0.750. The average Bonchev–Trinajstić information content (AvgIpc) is 2.55. The lowest BCUT2D eigenvalue weighted by atomic mass is 10.3. The van der Waals surface area contributed by atoms with Gasteiger partial charge in [-0.1, -0.05) is 18.5 Å². The van der Waals surface area contributed by atoms with Crippen LogP contribution in [0.1, 0.15) is 25.2 Å². The fourth-order valence-electron chi connectivity index (χ4n) is 1.59. The molecule has 5 heteroatoms. The van der Waals surface area contributed by atoms with Gasteiger partial charge >= 0.3 is 0 Å². The summed E-state index contributed by atoms with van der Waals surface area (Å²) < 4.78 is 1.87. The predicted octanol–water partition coefficient (Wildman–Crippen LogP) is 1.68. The summed E-state index contributed by atoms with van der Waals surface area (Å²) in [6, 6.07) is 0.507. The van der Waals surface area contributed by atoms with Crippen LogP contribution in [0.25, 0.3) is 0 Å². The molecular formula is C12H23ClN4. The molecule has 1 aromatic heterocycles. The van der Waals surface area contributed by atoms with Crippen LogP contribution in [0.3, 0.4) is 0 Å². The Morgan fingerprint density at radius 2 is 2.12 bits per heavy atom. The quantitative estimate of drug-likeness (QED) is 0.843. The lowest BCUT2D eigenvalue weighted by Crippen LogP contribution is -2.35. The molecule has 0 fully saturated rings. The van der Waals surface area contributed by atoms with E-state index in [2.05, 4.69) is 43.3 Å². The lowest BCUT2D eigenvalue weighted by Gasteiger charge is -2.20. The van der Waals surface area contributed by atoms with Crippen LogP contribution < -0.4 is 5.32 Å². The van der Waals surface area contributed by atoms with Gasteiger partial charge in [0.25, 0.3) is 0 Å². The summed E-state index contributed by atoms with van der Waals surface area (Å²) in [5.41, 5.74) is 2.04. The molecule has 1 N–H and O–H groups in total. The van der Waals surface area contributed by atoms with Crippen molar-refractivity contribution in [1.82, 2.24) is 20.0 Å². The Balaban J connectivity index is 2.55. The lowest BCUT2D eigenvalue weighted by molar-refractivity contribution is 0.302. The zero-order valence-electron chi connectivity index (χ0n) is 11.4. The SMILES string of the molecule is CCc1nn(C)c(CNCC(C)N(C)C)c1Cl. The van der Waals surface area contributed by atoms with E-state index in [-0.39, 0.29) is 0 Å². The molecule has 0 spiro atoms. The van der Waals surface area contributed by atoms with Crippen molar-refractivity contribution in [2.45, 2.75) is 32.9 Å². The standard InChI is InChI=1S/C12H23ClN4/c1-6-10-12(13)11(17(5)15-10)8-14-7-9(2)16(3)4/h9,14H,6-8H2,1-5H3. The zero-order valence-corrected chi connectivity index (χ0v) is 12.2. The van der Waals surface area contributed by atoms with Gasteiger partial charge in [-0.3, -0.25) is 4.68 Å². The van der Waals surface area contributed by atoms with Crippen molar-refractivity contribution < 1.29 is 0 Å². The van der Waals surface area contributed by atoms with E-state index < -0.39 is 0 Å². The summed E-state index contributed by atoms with van der Waals surface area (Å²) in [6.45, 7) is 5.96. The van der Waals surface area contributed by atoms with Crippen LogP contribution in [0.15, 0.2) is 0 Å². The number of likely N-dealkylation sites (N-methyl/N-ethyl adjacent to an activating group) is 1. The molecule has 0 amide bonds. The molecule has 0 aliphatic rings. The Kier molecular flexibility index (Phi) is 5.43. The van der Waals surface area contributed by atoms with Crippen LogP contribution >= 0.6 is 11.6 Å². The third-order valence-corrected chi connectivity index (χ3v) is 3.55. The Bertz CT molecular complexity index is 360. The number of nitrogens with one attached hydrogen (secondary N) is 1. The van der Waals surface area contributed by atoms with Crippen molar-refractivity contribution in [3.05, 3.63) is 16.4 Å². The van der Waals surface area contributed by atoms with Crippen LogP contribution in [0.2, 0.25) is 5.02 Å². The highest BCUT2D eigenvalue weighted by Gasteiger charge is 2.12. The van der Waals surface area contributed by atoms with Crippen molar-refractivity contribution in [3.63, 3.8) is 0 Å². The number of hydrogen-bond acceptors (Lipinski definition) is 3. The summed E-state index contributed by atoms with van der Waals surface area (Å²) in [5.74, 6) is 0. The largest absolute Gasteiger partial charge is 0.310 e. The van der Waals surface area contributed by atoms with Gasteiger partial charge in [-0.05, 0) is 27.4 Å². The molecule has 0 aliphatic carbocycles. The number of rotatable bonds is 6. The number of aromatic nitrogens is 2. The first kappa shape index (κ1) is 14.5. The molecule has 0 aromatic carbocycles. The van der Waals surface area contributed by atoms with Gasteiger partial charge in [0.2, 0.25) is 0 Å². The predicted molar refractivity (Wildman–Crippen MR) is 72.5 cm³/mol. The number of halogens is 1. The van der Waals surface area contributed by atoms with Gasteiger partial charge in [0.1, 0.15) is 0 Å². The van der Waals surface area contributed by atoms with Crippen molar-refractivity contribution in [2.24, 2.45) is 7.05 Å². The summed E-state index contributed by atoms with van der Waals surface area (Å²) in [5, 5.41) is 8.62. The molecule has 0 bridgehead atoms. The molecule has 0 aliphatic heterocycles. The molecule has 0 saturated heterocycles. The molecule has 1 aromatic rings. The Morgan fingerprint density at radius 1 is 1.47 bits per heavy atom. The maximum absolute atomic E-state index is 6.27. The molecule has 17 heavy (non-hydrogen) atoms. The second kappa shape index (κ2) is 6.38. The molecule has 1 atom stereocenters. The summed E-state index contributed by atoms with van der Waals surface area (Å²) in [7, 11) is 6.11. The topological polar surface area (TPSA) is 33.1 Å². The fourth-order valence-corrected chi connectivity index (χ4v) is 1.95. The molecule has 4 nitrogen and oxygen atoms in total. The Morgan fingerprint density at radius 3 is 2.59 bits per heavy atom. The van der Waals surface area contributed by atoms with Gasteiger partial charge in [-0.25, -0.2) is 0 Å². The molecular weight excluding hydrogens is 236 g/mol. The number of aryl methyl sites for hydroxylation is 2. The zero-order chi connectivity index (χ0) is 13.0. The van der Waals surface area contributed by atoms with Gasteiger partial charge in [0.15, 0.2) is 0 Å². The first-order valence-electron chi connectivity index (χ1n) is 6.04. The monoisotopic (exact) mass is 258 g/mol. The summed E-state index contributed by atoms with van der Waals surface area (Å²) in [6.07, 6.45) is 0.876. The highest BCUT2D eigenvalue weighted by Crippen LogP contribution is 2.20. The van der Waals surface area contributed by atoms with Crippen LogP contribution in [0, 0.1) is 0 Å². The maximum Gasteiger partial charge on any atom is 0.0863 e. The van der Waals surface area contributed by atoms with Gasteiger partial charge in [-0.15, -0.1) is 0 Å². The number of nitrogens with zero attached hydrogens (tertiary/aromatic N) is 3. The van der Waals surface area contributed by atoms with Crippen LogP contribution in [0.4, 0.5) is 0 Å². The molecule has 1 unspecified atom stereocenters. The molecule has 98 valence electrons. The van der Waals surface area contributed by atoms with E-state index in [1.165, 1.54) is 0 Å². The average molecular weight is 259 g/mol. The van der Waals surface area contributed by atoms with Crippen molar-refractivity contribution in [2.75, 3.05) is 20.6 Å². The maximum atomic E-state index is 6.27. The minimum Gasteiger partial charge on any atom is -0.310 e. The van der Waals surface area contributed by atoms with Crippen LogP contribution in [0.5, 0.6) is 0 Å². The van der Waals surface area contributed by atoms with E-state index in [1.807, 2.05) is 11.7 Å². The van der Waals surface area contributed by atoms with Crippen molar-refractivity contribution in [3.8, 4) is 0 Å². The van der Waals surface area contributed by atoms with Gasteiger partial charge < -0.3 is 10.2 Å². The van der Waals surface area contributed by atoms with Crippen molar-refractivity contribution >= 4 is 11.6 Å². The first-order valence-corrected chi connectivity index (χ1v) is 6.42. The van der Waals surface area contributed by atoms with E-state index in [0.717, 1.165) is 35.9 Å². The summed E-state index contributed by atoms with van der Waals surface area (Å²) in [4.78, 5) is 2.19. The second-order valence-electron chi connectivity index (χ2n) is 4.63. The van der Waals surface area contributed by atoms with E-state index in [1.54, 1.807) is 0 Å². The van der Waals surface area contributed by atoms with Crippen LogP contribution in [-0.4, -0.2) is 41.4 Å². The highest BCUT2D eigenvalue weighted by molar-refractivity contribution is 6.31. The van der Waals surface area contributed by atoms with Crippen LogP contribution in [-0.2, 0) is 20.0 Å². The second-order valence-corrected chi connectivity index (χ2v) is 5.01.